The molecule has 1 atom stereocenters. The fourth-order valence-corrected chi connectivity index (χ4v) is 3.56. The molecule has 160 valence electrons. The molecule has 1 saturated heterocycles. The van der Waals surface area contributed by atoms with Gasteiger partial charge in [-0.05, 0) is 58.6 Å². The van der Waals surface area contributed by atoms with Gasteiger partial charge in [0.05, 0.1) is 0 Å². The van der Waals surface area contributed by atoms with Crippen LogP contribution in [0, 0.1) is 0 Å². The van der Waals surface area contributed by atoms with Gasteiger partial charge in [-0.15, -0.1) is 24.0 Å². The van der Waals surface area contributed by atoms with Gasteiger partial charge < -0.3 is 20.1 Å². The van der Waals surface area contributed by atoms with E-state index in [1.165, 1.54) is 25.8 Å². The molecule has 7 heteroatoms. The van der Waals surface area contributed by atoms with Gasteiger partial charge in [0, 0.05) is 51.0 Å². The quantitative estimate of drug-likeness (QED) is 0.223. The van der Waals surface area contributed by atoms with Crippen LogP contribution in [0.5, 0.6) is 0 Å². The molecule has 2 N–H and O–H groups in total. The number of aliphatic imine (C=N–C) groups is 1. The molecule has 1 aromatic rings. The molecule has 0 saturated carbocycles. The first kappa shape index (κ1) is 24.9. The maximum Gasteiger partial charge on any atom is 0.250 e. The molecular weight excluding hydrogens is 465 g/mol. The highest BCUT2D eigenvalue weighted by Gasteiger charge is 2.16. The summed E-state index contributed by atoms with van der Waals surface area (Å²) in [5, 5.41) is 6.72. The summed E-state index contributed by atoms with van der Waals surface area (Å²) in [6, 6.07) is 6.02. The second-order valence-electron chi connectivity index (χ2n) is 7.36. The van der Waals surface area contributed by atoms with Crippen molar-refractivity contribution in [1.29, 1.82) is 0 Å². The zero-order valence-corrected chi connectivity index (χ0v) is 19.9. The summed E-state index contributed by atoms with van der Waals surface area (Å²) in [4.78, 5) is 19.0. The first-order valence-corrected chi connectivity index (χ1v) is 10.6. The van der Waals surface area contributed by atoms with E-state index < -0.39 is 0 Å². The second kappa shape index (κ2) is 14.8. The molecule has 0 amide bonds. The Bertz CT molecular complexity index is 619. The van der Waals surface area contributed by atoms with E-state index in [0.29, 0.717) is 0 Å². The third-order valence-corrected chi connectivity index (χ3v) is 5.18. The minimum Gasteiger partial charge on any atom is -0.357 e. The Balaban J connectivity index is 0.00000392. The molecule has 0 bridgehead atoms. The first-order chi connectivity index (χ1) is 13.2. The summed E-state index contributed by atoms with van der Waals surface area (Å²) >= 11 is 0. The highest BCUT2D eigenvalue weighted by atomic mass is 127. The number of piperidine rings is 1. The van der Waals surface area contributed by atoms with Gasteiger partial charge in [0.2, 0.25) is 5.56 Å². The SMILES string of the molecule is CCNC(=NCCCN1CCCCC1C)NCCCCn1ccccc1=O.I. The smallest absolute Gasteiger partial charge is 0.250 e. The molecule has 2 rings (SSSR count). The van der Waals surface area contributed by atoms with Gasteiger partial charge in [-0.25, -0.2) is 0 Å². The monoisotopic (exact) mass is 503 g/mol. The number of halogens is 1. The van der Waals surface area contributed by atoms with E-state index in [1.807, 2.05) is 12.3 Å². The van der Waals surface area contributed by atoms with Crippen LogP contribution in [0.15, 0.2) is 34.2 Å². The maximum atomic E-state index is 11.7. The van der Waals surface area contributed by atoms with Crippen molar-refractivity contribution in [2.24, 2.45) is 4.99 Å². The number of rotatable bonds is 10. The minimum atomic E-state index is 0. The average Bonchev–Trinajstić information content (AvgIpc) is 2.67. The number of aromatic nitrogens is 1. The highest BCUT2D eigenvalue weighted by Crippen LogP contribution is 2.16. The molecule has 0 spiro atoms. The molecule has 1 aromatic heterocycles. The van der Waals surface area contributed by atoms with Crippen molar-refractivity contribution >= 4 is 29.9 Å². The van der Waals surface area contributed by atoms with E-state index in [0.717, 1.165) is 64.0 Å². The number of likely N-dealkylation sites (tertiary alicyclic amines) is 1. The molecule has 6 nitrogen and oxygen atoms in total. The van der Waals surface area contributed by atoms with Gasteiger partial charge >= 0.3 is 0 Å². The van der Waals surface area contributed by atoms with Gasteiger partial charge in [-0.3, -0.25) is 9.79 Å². The lowest BCUT2D eigenvalue weighted by molar-refractivity contribution is 0.160. The summed E-state index contributed by atoms with van der Waals surface area (Å²) in [5.74, 6) is 0.904. The topological polar surface area (TPSA) is 61.7 Å². The Morgan fingerprint density at radius 3 is 2.79 bits per heavy atom. The van der Waals surface area contributed by atoms with Crippen molar-refractivity contribution in [3.63, 3.8) is 0 Å². The van der Waals surface area contributed by atoms with Crippen LogP contribution in [0.4, 0.5) is 0 Å². The lowest BCUT2D eigenvalue weighted by Crippen LogP contribution is -2.39. The molecule has 1 aliphatic heterocycles. The van der Waals surface area contributed by atoms with Crippen molar-refractivity contribution in [2.45, 2.75) is 65.0 Å². The number of guanidine groups is 1. The third kappa shape index (κ3) is 9.41. The molecule has 1 fully saturated rings. The number of nitrogens with zero attached hydrogens (tertiary/aromatic N) is 3. The normalized spacial score (nSPS) is 17.8. The number of aryl methyl sites for hydroxylation is 1. The molecule has 0 aromatic carbocycles. The highest BCUT2D eigenvalue weighted by molar-refractivity contribution is 14.0. The Hall–Kier alpha value is -1.09. The van der Waals surface area contributed by atoms with Crippen LogP contribution in [-0.2, 0) is 6.54 Å². The van der Waals surface area contributed by atoms with Gasteiger partial charge in [0.25, 0.3) is 0 Å². The molecule has 1 unspecified atom stereocenters. The van der Waals surface area contributed by atoms with E-state index >= 15 is 0 Å². The van der Waals surface area contributed by atoms with Crippen molar-refractivity contribution < 1.29 is 0 Å². The lowest BCUT2D eigenvalue weighted by atomic mass is 10.0. The summed E-state index contributed by atoms with van der Waals surface area (Å²) < 4.78 is 1.76. The second-order valence-corrected chi connectivity index (χ2v) is 7.36. The number of hydrogen-bond donors (Lipinski definition) is 2. The van der Waals surface area contributed by atoms with Gasteiger partial charge in [-0.1, -0.05) is 12.5 Å². The van der Waals surface area contributed by atoms with E-state index in [-0.39, 0.29) is 29.5 Å². The van der Waals surface area contributed by atoms with Gasteiger partial charge in [-0.2, -0.15) is 0 Å². The number of nitrogens with one attached hydrogen (secondary N) is 2. The van der Waals surface area contributed by atoms with Crippen LogP contribution in [-0.4, -0.2) is 54.2 Å². The van der Waals surface area contributed by atoms with Crippen LogP contribution >= 0.6 is 24.0 Å². The zero-order chi connectivity index (χ0) is 19.3. The average molecular weight is 503 g/mol. The molecule has 0 radical (unpaired) electrons. The minimum absolute atomic E-state index is 0. The van der Waals surface area contributed by atoms with Crippen LogP contribution < -0.4 is 16.2 Å². The summed E-state index contributed by atoms with van der Waals surface area (Å²) in [7, 11) is 0. The number of hydrogen-bond acceptors (Lipinski definition) is 3. The van der Waals surface area contributed by atoms with Crippen LogP contribution in [0.2, 0.25) is 0 Å². The van der Waals surface area contributed by atoms with E-state index in [1.54, 1.807) is 16.7 Å². The van der Waals surface area contributed by atoms with Crippen LogP contribution in [0.25, 0.3) is 0 Å². The Labute approximate surface area is 187 Å². The number of unbranched alkanes of at least 4 members (excludes halogenated alkanes) is 1. The first-order valence-electron chi connectivity index (χ1n) is 10.6. The predicted octanol–water partition coefficient (Wildman–Crippen LogP) is 3.07. The van der Waals surface area contributed by atoms with Crippen LogP contribution in [0.3, 0.4) is 0 Å². The third-order valence-electron chi connectivity index (χ3n) is 5.18. The molecular formula is C21H38IN5O. The molecule has 0 aliphatic carbocycles. The zero-order valence-electron chi connectivity index (χ0n) is 17.5. The number of pyridine rings is 1. The van der Waals surface area contributed by atoms with Crippen LogP contribution in [0.1, 0.15) is 52.4 Å². The Morgan fingerprint density at radius 2 is 2.04 bits per heavy atom. The summed E-state index contributed by atoms with van der Waals surface area (Å²) in [5.41, 5.74) is 0.0726. The standard InChI is InChI=1S/C21H37N5O.HI/c1-3-22-21(24-14-10-18-25-15-7-4-11-19(25)2)23-13-6-9-17-26-16-8-5-12-20(26)27;/h5,8,12,16,19H,3-4,6-7,9-11,13-15,17-18H2,1-2H3,(H2,22,23,24);1H. The van der Waals surface area contributed by atoms with Crippen molar-refractivity contribution in [3.05, 3.63) is 34.7 Å². The molecule has 1 aliphatic rings. The fourth-order valence-electron chi connectivity index (χ4n) is 3.56. The molecule has 2 heterocycles. The fraction of sp³-hybridized carbons (Fsp3) is 0.714. The van der Waals surface area contributed by atoms with Crippen molar-refractivity contribution in [3.8, 4) is 0 Å². The lowest BCUT2D eigenvalue weighted by Gasteiger charge is -2.33. The van der Waals surface area contributed by atoms with E-state index in [9.17, 15) is 4.79 Å². The Morgan fingerprint density at radius 1 is 1.18 bits per heavy atom. The summed E-state index contributed by atoms with van der Waals surface area (Å²) in [6.45, 7) is 10.2. The molecule has 28 heavy (non-hydrogen) atoms. The largest absolute Gasteiger partial charge is 0.357 e. The van der Waals surface area contributed by atoms with Crippen molar-refractivity contribution in [1.82, 2.24) is 20.1 Å². The van der Waals surface area contributed by atoms with Gasteiger partial charge in [0.1, 0.15) is 0 Å². The van der Waals surface area contributed by atoms with E-state index in [2.05, 4.69) is 29.4 Å². The van der Waals surface area contributed by atoms with Gasteiger partial charge in [0.15, 0.2) is 5.96 Å². The maximum absolute atomic E-state index is 11.7. The Kier molecular flexibility index (Phi) is 13.2. The predicted molar refractivity (Wildman–Crippen MR) is 129 cm³/mol. The van der Waals surface area contributed by atoms with Crippen molar-refractivity contribution in [2.75, 3.05) is 32.7 Å². The van der Waals surface area contributed by atoms with E-state index in [4.69, 9.17) is 4.99 Å². The summed E-state index contributed by atoms with van der Waals surface area (Å²) in [6.07, 6.45) is 9.00.